The summed E-state index contributed by atoms with van der Waals surface area (Å²) in [7, 11) is 0. The molecule has 0 unspecified atom stereocenters. The van der Waals surface area contributed by atoms with Gasteiger partial charge in [-0.3, -0.25) is 0 Å². The summed E-state index contributed by atoms with van der Waals surface area (Å²) in [5, 5.41) is 0. The van der Waals surface area contributed by atoms with E-state index in [9.17, 15) is 0 Å². The van der Waals surface area contributed by atoms with Gasteiger partial charge in [0.05, 0.1) is 0 Å². The molecule has 0 aliphatic heterocycles. The third-order valence-electron chi connectivity index (χ3n) is 5.58. The zero-order valence-corrected chi connectivity index (χ0v) is 19.5. The van der Waals surface area contributed by atoms with Crippen molar-refractivity contribution in [3.05, 3.63) is 124 Å². The molecular weight excluding hydrogens is 408 g/mol. The Morgan fingerprint density at radius 2 is 0.697 bits per heavy atom. The van der Waals surface area contributed by atoms with E-state index < -0.39 is 0 Å². The van der Waals surface area contributed by atoms with Crippen LogP contribution in [0.1, 0.15) is 33.4 Å². The molecule has 0 atom stereocenters. The zero-order chi connectivity index (χ0) is 23.0. The fourth-order valence-electron chi connectivity index (χ4n) is 3.73. The first-order chi connectivity index (χ1) is 16.1. The van der Waals surface area contributed by atoms with Gasteiger partial charge in [-0.1, -0.05) is 54.6 Å². The molecule has 0 radical (unpaired) electrons. The first-order valence-electron chi connectivity index (χ1n) is 11.3. The number of hydrogen-bond donors (Lipinski definition) is 0. The number of para-hydroxylation sites is 3. The standard InChI is InChI=1S/C30H30O3/c1-22-10-4-7-13-28(22)31-19-25-16-26(20-32-29-14-8-5-11-23(29)2)18-27(17-25)21-33-30-15-9-6-12-24(30)3/h4-18H,19-21H2,1-3H3. The van der Waals surface area contributed by atoms with Crippen LogP contribution >= 0.6 is 0 Å². The van der Waals surface area contributed by atoms with Gasteiger partial charge >= 0.3 is 0 Å². The predicted molar refractivity (Wildman–Crippen MR) is 133 cm³/mol. The average Bonchev–Trinajstić information content (AvgIpc) is 2.82. The van der Waals surface area contributed by atoms with Crippen LogP contribution in [-0.4, -0.2) is 0 Å². The summed E-state index contributed by atoms with van der Waals surface area (Å²) >= 11 is 0. The van der Waals surface area contributed by atoms with Crippen molar-refractivity contribution in [3.8, 4) is 17.2 Å². The van der Waals surface area contributed by atoms with Crippen molar-refractivity contribution in [2.24, 2.45) is 0 Å². The maximum absolute atomic E-state index is 6.11. The number of aryl methyl sites for hydroxylation is 3. The minimum absolute atomic E-state index is 0.487. The fraction of sp³-hybridized carbons (Fsp3) is 0.200. The van der Waals surface area contributed by atoms with Crippen molar-refractivity contribution < 1.29 is 14.2 Å². The second-order valence-electron chi connectivity index (χ2n) is 8.32. The summed E-state index contributed by atoms with van der Waals surface area (Å²) in [5.41, 5.74) is 6.64. The summed E-state index contributed by atoms with van der Waals surface area (Å²) in [4.78, 5) is 0. The van der Waals surface area contributed by atoms with Crippen molar-refractivity contribution >= 4 is 0 Å². The molecule has 0 heterocycles. The van der Waals surface area contributed by atoms with Crippen LogP contribution in [0.15, 0.2) is 91.0 Å². The van der Waals surface area contributed by atoms with Crippen LogP contribution in [0.25, 0.3) is 0 Å². The third kappa shape index (κ3) is 6.17. The Kier molecular flexibility index (Phi) is 7.31. The van der Waals surface area contributed by atoms with E-state index in [0.29, 0.717) is 19.8 Å². The van der Waals surface area contributed by atoms with E-state index in [0.717, 1.165) is 50.6 Å². The van der Waals surface area contributed by atoms with Crippen LogP contribution < -0.4 is 14.2 Å². The molecule has 4 rings (SSSR count). The van der Waals surface area contributed by atoms with Gasteiger partial charge in [-0.15, -0.1) is 0 Å². The lowest BCUT2D eigenvalue weighted by atomic mass is 10.1. The lowest BCUT2D eigenvalue weighted by molar-refractivity contribution is 0.291. The van der Waals surface area contributed by atoms with E-state index in [-0.39, 0.29) is 0 Å². The van der Waals surface area contributed by atoms with Crippen molar-refractivity contribution in [2.45, 2.75) is 40.6 Å². The second kappa shape index (κ2) is 10.7. The Labute approximate surface area is 196 Å². The Morgan fingerprint density at radius 1 is 0.424 bits per heavy atom. The molecule has 0 aliphatic carbocycles. The second-order valence-corrected chi connectivity index (χ2v) is 8.32. The lowest BCUT2D eigenvalue weighted by Crippen LogP contribution is -2.04. The number of hydrogen-bond acceptors (Lipinski definition) is 3. The maximum atomic E-state index is 6.11. The maximum Gasteiger partial charge on any atom is 0.122 e. The molecule has 0 amide bonds. The van der Waals surface area contributed by atoms with Gasteiger partial charge < -0.3 is 14.2 Å². The molecule has 4 aromatic carbocycles. The van der Waals surface area contributed by atoms with Gasteiger partial charge in [0.25, 0.3) is 0 Å². The summed E-state index contributed by atoms with van der Waals surface area (Å²) in [6.45, 7) is 7.64. The van der Waals surface area contributed by atoms with Gasteiger partial charge in [0.2, 0.25) is 0 Å². The van der Waals surface area contributed by atoms with E-state index in [1.807, 2.05) is 54.6 Å². The third-order valence-corrected chi connectivity index (χ3v) is 5.58. The SMILES string of the molecule is Cc1ccccc1OCc1cc(COc2ccccc2C)cc(COc2ccccc2C)c1. The predicted octanol–water partition coefficient (Wildman–Crippen LogP) is 7.35. The molecule has 0 aromatic heterocycles. The molecular formula is C30H30O3. The van der Waals surface area contributed by atoms with E-state index >= 15 is 0 Å². The van der Waals surface area contributed by atoms with Crippen molar-refractivity contribution in [3.63, 3.8) is 0 Å². The van der Waals surface area contributed by atoms with Crippen LogP contribution in [0.2, 0.25) is 0 Å². The fourth-order valence-corrected chi connectivity index (χ4v) is 3.73. The topological polar surface area (TPSA) is 27.7 Å². The quantitative estimate of drug-likeness (QED) is 0.273. The molecule has 0 bridgehead atoms. The molecule has 33 heavy (non-hydrogen) atoms. The first kappa shape index (κ1) is 22.5. The van der Waals surface area contributed by atoms with Gasteiger partial charge in [-0.05, 0) is 90.6 Å². The molecule has 0 aliphatic rings. The monoisotopic (exact) mass is 438 g/mol. The molecule has 0 saturated heterocycles. The van der Waals surface area contributed by atoms with Crippen LogP contribution in [0.4, 0.5) is 0 Å². The number of ether oxygens (including phenoxy) is 3. The Hall–Kier alpha value is -3.72. The molecule has 3 nitrogen and oxygen atoms in total. The van der Waals surface area contributed by atoms with Gasteiger partial charge in [-0.25, -0.2) is 0 Å². The summed E-state index contributed by atoms with van der Waals surface area (Å²) < 4.78 is 18.3. The van der Waals surface area contributed by atoms with E-state index in [4.69, 9.17) is 14.2 Å². The van der Waals surface area contributed by atoms with E-state index in [1.165, 1.54) is 0 Å². The highest BCUT2D eigenvalue weighted by Gasteiger charge is 2.07. The highest BCUT2D eigenvalue weighted by atomic mass is 16.5. The zero-order valence-electron chi connectivity index (χ0n) is 19.5. The van der Waals surface area contributed by atoms with Gasteiger partial charge in [0.1, 0.15) is 37.1 Å². The molecule has 0 spiro atoms. The van der Waals surface area contributed by atoms with Crippen molar-refractivity contribution in [2.75, 3.05) is 0 Å². The van der Waals surface area contributed by atoms with Gasteiger partial charge in [-0.2, -0.15) is 0 Å². The molecule has 4 aromatic rings. The number of rotatable bonds is 9. The summed E-state index contributed by atoms with van der Waals surface area (Å²) in [5.74, 6) is 2.70. The Balaban J connectivity index is 1.52. The van der Waals surface area contributed by atoms with Crippen LogP contribution in [-0.2, 0) is 19.8 Å². The van der Waals surface area contributed by atoms with Crippen molar-refractivity contribution in [1.29, 1.82) is 0 Å². The summed E-state index contributed by atoms with van der Waals surface area (Å²) in [6, 6.07) is 30.7. The van der Waals surface area contributed by atoms with Crippen LogP contribution in [0.3, 0.4) is 0 Å². The van der Waals surface area contributed by atoms with Crippen LogP contribution in [0, 0.1) is 20.8 Å². The molecule has 168 valence electrons. The van der Waals surface area contributed by atoms with Crippen molar-refractivity contribution in [1.82, 2.24) is 0 Å². The minimum Gasteiger partial charge on any atom is -0.489 e. The van der Waals surface area contributed by atoms with E-state index in [1.54, 1.807) is 0 Å². The minimum atomic E-state index is 0.487. The lowest BCUT2D eigenvalue weighted by Gasteiger charge is -2.15. The Bertz CT molecular complexity index is 1050. The van der Waals surface area contributed by atoms with Gasteiger partial charge in [0, 0.05) is 0 Å². The largest absolute Gasteiger partial charge is 0.489 e. The highest BCUT2D eigenvalue weighted by molar-refractivity contribution is 5.36. The molecule has 3 heteroatoms. The smallest absolute Gasteiger partial charge is 0.122 e. The average molecular weight is 439 g/mol. The summed E-state index contributed by atoms with van der Waals surface area (Å²) in [6.07, 6.45) is 0. The Morgan fingerprint density at radius 3 is 0.970 bits per heavy atom. The normalized spacial score (nSPS) is 10.6. The molecule has 0 saturated carbocycles. The molecule has 0 fully saturated rings. The highest BCUT2D eigenvalue weighted by Crippen LogP contribution is 2.23. The van der Waals surface area contributed by atoms with Gasteiger partial charge in [0.15, 0.2) is 0 Å². The van der Waals surface area contributed by atoms with E-state index in [2.05, 4.69) is 57.2 Å². The molecule has 0 N–H and O–H groups in total. The van der Waals surface area contributed by atoms with Crippen LogP contribution in [0.5, 0.6) is 17.2 Å². The first-order valence-corrected chi connectivity index (χ1v) is 11.3. The number of benzene rings is 4.